The third-order valence-electron chi connectivity index (χ3n) is 5.94. The van der Waals surface area contributed by atoms with Crippen molar-refractivity contribution in [1.82, 2.24) is 0 Å². The number of benzene rings is 4. The van der Waals surface area contributed by atoms with Crippen LogP contribution in [0.5, 0.6) is 11.5 Å². The SMILES string of the molecule is CC(=O)c1cc(-c2ccc(F)cc2F)ccc1OC(=O)CC(=O)Oc1ccc(-c2ccc(F)cc2F)cc1C(C)=O. The zero-order valence-corrected chi connectivity index (χ0v) is 21.6. The number of hydrogen-bond acceptors (Lipinski definition) is 6. The monoisotopic (exact) mass is 564 g/mol. The van der Waals surface area contributed by atoms with Crippen molar-refractivity contribution in [2.75, 3.05) is 0 Å². The molecule has 0 N–H and O–H groups in total. The van der Waals surface area contributed by atoms with E-state index >= 15 is 0 Å². The Hall–Kier alpha value is -5.12. The third-order valence-corrected chi connectivity index (χ3v) is 5.94. The van der Waals surface area contributed by atoms with Gasteiger partial charge in [-0.3, -0.25) is 19.2 Å². The molecule has 0 spiro atoms. The molecule has 41 heavy (non-hydrogen) atoms. The number of rotatable bonds is 8. The van der Waals surface area contributed by atoms with Gasteiger partial charge in [0.15, 0.2) is 11.6 Å². The summed E-state index contributed by atoms with van der Waals surface area (Å²) in [4.78, 5) is 49.3. The van der Waals surface area contributed by atoms with E-state index in [1.54, 1.807) is 0 Å². The molecular weight excluding hydrogens is 544 g/mol. The molecule has 0 saturated carbocycles. The van der Waals surface area contributed by atoms with E-state index in [-0.39, 0.29) is 44.9 Å². The van der Waals surface area contributed by atoms with Gasteiger partial charge in [-0.2, -0.15) is 0 Å². The Kier molecular flexibility index (Phi) is 8.42. The van der Waals surface area contributed by atoms with E-state index in [0.29, 0.717) is 12.1 Å². The number of ketones is 2. The highest BCUT2D eigenvalue weighted by Crippen LogP contribution is 2.31. The van der Waals surface area contributed by atoms with E-state index < -0.39 is 53.2 Å². The Morgan fingerprint density at radius 1 is 0.561 bits per heavy atom. The van der Waals surface area contributed by atoms with Gasteiger partial charge in [-0.05, 0) is 73.5 Å². The molecule has 0 amide bonds. The first kappa shape index (κ1) is 28.9. The van der Waals surface area contributed by atoms with Crippen LogP contribution in [0.25, 0.3) is 22.3 Å². The van der Waals surface area contributed by atoms with Gasteiger partial charge in [0.1, 0.15) is 41.2 Å². The minimum absolute atomic E-state index is 0.0183. The van der Waals surface area contributed by atoms with Crippen molar-refractivity contribution in [2.45, 2.75) is 20.3 Å². The topological polar surface area (TPSA) is 86.7 Å². The van der Waals surface area contributed by atoms with Crippen LogP contribution < -0.4 is 9.47 Å². The Labute approximate surface area is 231 Å². The third kappa shape index (κ3) is 6.73. The van der Waals surface area contributed by atoms with Crippen LogP contribution in [-0.4, -0.2) is 23.5 Å². The van der Waals surface area contributed by atoms with Gasteiger partial charge >= 0.3 is 11.9 Å². The Balaban J connectivity index is 1.50. The fraction of sp³-hybridized carbons (Fsp3) is 0.0968. The van der Waals surface area contributed by atoms with Gasteiger partial charge in [-0.25, -0.2) is 17.6 Å². The second kappa shape index (κ2) is 12.0. The van der Waals surface area contributed by atoms with Gasteiger partial charge in [0, 0.05) is 23.3 Å². The molecule has 0 fully saturated rings. The van der Waals surface area contributed by atoms with Crippen LogP contribution in [0.1, 0.15) is 41.0 Å². The largest absolute Gasteiger partial charge is 0.425 e. The van der Waals surface area contributed by atoms with Crippen LogP contribution in [0.2, 0.25) is 0 Å². The molecule has 0 bridgehead atoms. The molecule has 4 aromatic rings. The van der Waals surface area contributed by atoms with Crippen LogP contribution in [-0.2, 0) is 9.59 Å². The van der Waals surface area contributed by atoms with Crippen LogP contribution in [0.4, 0.5) is 17.6 Å². The first-order valence-electron chi connectivity index (χ1n) is 12.0. The zero-order chi connectivity index (χ0) is 29.8. The number of hydrogen-bond donors (Lipinski definition) is 0. The highest BCUT2D eigenvalue weighted by atomic mass is 19.1. The summed E-state index contributed by atoms with van der Waals surface area (Å²) >= 11 is 0. The summed E-state index contributed by atoms with van der Waals surface area (Å²) in [6.07, 6.45) is -0.905. The maximum atomic E-state index is 14.2. The standard InChI is InChI=1S/C31H20F4O6/c1-16(36)24-11-18(22-7-5-20(32)13-26(22)34)3-9-28(24)40-30(38)15-31(39)41-29-10-4-19(12-25(29)17(2)37)23-8-6-21(33)14-27(23)35/h3-14H,15H2,1-2H3. The predicted octanol–water partition coefficient (Wildman–Crippen LogP) is 6.88. The number of carbonyl (C=O) groups excluding carboxylic acids is 4. The molecule has 0 aromatic heterocycles. The molecule has 6 nitrogen and oxygen atoms in total. The molecule has 0 unspecified atom stereocenters. The Morgan fingerprint density at radius 2 is 0.951 bits per heavy atom. The van der Waals surface area contributed by atoms with Crippen molar-refractivity contribution in [3.8, 4) is 33.8 Å². The van der Waals surface area contributed by atoms with Crippen molar-refractivity contribution in [3.63, 3.8) is 0 Å². The lowest BCUT2D eigenvalue weighted by atomic mass is 10.00. The van der Waals surface area contributed by atoms with Crippen molar-refractivity contribution >= 4 is 23.5 Å². The van der Waals surface area contributed by atoms with E-state index in [4.69, 9.17) is 9.47 Å². The molecule has 0 saturated heterocycles. The molecule has 0 heterocycles. The lowest BCUT2D eigenvalue weighted by Gasteiger charge is -2.12. The van der Waals surface area contributed by atoms with Crippen LogP contribution in [0.3, 0.4) is 0 Å². The summed E-state index contributed by atoms with van der Waals surface area (Å²) in [6.45, 7) is 2.38. The van der Waals surface area contributed by atoms with Crippen LogP contribution in [0, 0.1) is 23.3 Å². The van der Waals surface area contributed by atoms with Crippen molar-refractivity contribution < 1.29 is 46.2 Å². The van der Waals surface area contributed by atoms with Gasteiger partial charge < -0.3 is 9.47 Å². The number of Topliss-reactive ketones (excluding diaryl/α,β-unsaturated/α-hetero) is 2. The molecule has 208 valence electrons. The summed E-state index contributed by atoms with van der Waals surface area (Å²) in [5.74, 6) is -6.88. The van der Waals surface area contributed by atoms with Crippen molar-refractivity contribution in [1.29, 1.82) is 0 Å². The number of halogens is 4. The molecule has 0 aliphatic carbocycles. The second-order valence-corrected chi connectivity index (χ2v) is 8.91. The Morgan fingerprint density at radius 3 is 1.29 bits per heavy atom. The van der Waals surface area contributed by atoms with Crippen LogP contribution >= 0.6 is 0 Å². The highest BCUT2D eigenvalue weighted by molar-refractivity contribution is 6.01. The highest BCUT2D eigenvalue weighted by Gasteiger charge is 2.21. The van der Waals surface area contributed by atoms with Gasteiger partial charge in [-0.15, -0.1) is 0 Å². The smallest absolute Gasteiger partial charge is 0.322 e. The lowest BCUT2D eigenvalue weighted by molar-refractivity contribution is -0.144. The normalized spacial score (nSPS) is 10.7. The molecule has 4 aromatic carbocycles. The van der Waals surface area contributed by atoms with E-state index in [2.05, 4.69) is 0 Å². The van der Waals surface area contributed by atoms with E-state index in [1.165, 1.54) is 62.4 Å². The summed E-state index contributed by atoms with van der Waals surface area (Å²) in [5.41, 5.74) is 0.320. The average Bonchev–Trinajstić information content (AvgIpc) is 2.89. The van der Waals surface area contributed by atoms with Gasteiger partial charge in [0.2, 0.25) is 0 Å². The summed E-state index contributed by atoms with van der Waals surface area (Å²) in [7, 11) is 0. The number of carbonyl (C=O) groups is 4. The quantitative estimate of drug-likeness (QED) is 0.0762. The maximum Gasteiger partial charge on any atom is 0.322 e. The van der Waals surface area contributed by atoms with Crippen LogP contribution in [0.15, 0.2) is 72.8 Å². The first-order chi connectivity index (χ1) is 19.4. The van der Waals surface area contributed by atoms with Gasteiger partial charge in [0.25, 0.3) is 0 Å². The van der Waals surface area contributed by atoms with Crippen molar-refractivity contribution in [2.24, 2.45) is 0 Å². The Bertz CT molecular complexity index is 1590. The molecule has 0 atom stereocenters. The van der Waals surface area contributed by atoms with Crippen molar-refractivity contribution in [3.05, 3.63) is 107 Å². The molecule has 0 radical (unpaired) electrons. The molecule has 4 rings (SSSR count). The number of esters is 2. The van der Waals surface area contributed by atoms with E-state index in [0.717, 1.165) is 12.1 Å². The average molecular weight is 564 g/mol. The van der Waals surface area contributed by atoms with Gasteiger partial charge in [-0.1, -0.05) is 12.1 Å². The van der Waals surface area contributed by atoms with Gasteiger partial charge in [0.05, 0.1) is 11.1 Å². The summed E-state index contributed by atoms with van der Waals surface area (Å²) < 4.78 is 65.3. The van der Waals surface area contributed by atoms with E-state index in [9.17, 15) is 36.7 Å². The fourth-order valence-electron chi connectivity index (χ4n) is 4.01. The number of ether oxygens (including phenoxy) is 2. The minimum atomic E-state index is -1.09. The molecule has 0 aliphatic rings. The lowest BCUT2D eigenvalue weighted by Crippen LogP contribution is -2.19. The first-order valence-corrected chi connectivity index (χ1v) is 12.0. The predicted molar refractivity (Wildman–Crippen MR) is 139 cm³/mol. The molecular formula is C31H20F4O6. The summed E-state index contributed by atoms with van der Waals surface area (Å²) in [6, 6.07) is 13.6. The zero-order valence-electron chi connectivity index (χ0n) is 21.6. The summed E-state index contributed by atoms with van der Waals surface area (Å²) in [5, 5.41) is 0. The van der Waals surface area contributed by atoms with E-state index in [1.807, 2.05) is 0 Å². The second-order valence-electron chi connectivity index (χ2n) is 8.91. The molecule has 10 heteroatoms. The maximum absolute atomic E-state index is 14.2. The molecule has 0 aliphatic heterocycles. The fourth-order valence-corrected chi connectivity index (χ4v) is 4.01. The minimum Gasteiger partial charge on any atom is -0.425 e.